The molecule has 0 spiro atoms. The number of nitrogen functional groups attached to an aromatic ring is 2. The number of benzene rings is 2. The highest BCUT2D eigenvalue weighted by molar-refractivity contribution is 7.99. The van der Waals surface area contributed by atoms with E-state index in [2.05, 4.69) is 19.9 Å². The molecule has 0 aliphatic carbocycles. The number of anilines is 2. The Morgan fingerprint density at radius 2 is 1.77 bits per heavy atom. The zero-order chi connectivity index (χ0) is 15.1. The van der Waals surface area contributed by atoms with Gasteiger partial charge in [0.15, 0.2) is 5.16 Å². The van der Waals surface area contributed by atoms with Gasteiger partial charge >= 0.3 is 0 Å². The maximum atomic E-state index is 5.92. The summed E-state index contributed by atoms with van der Waals surface area (Å²) in [7, 11) is 0. The summed E-state index contributed by atoms with van der Waals surface area (Å²) in [5, 5.41) is 1.62. The fourth-order valence-corrected chi connectivity index (χ4v) is 3.14. The fraction of sp³-hybridized carbons (Fsp3) is 0. The number of imidazole rings is 1. The molecular formula is C15H12N6S. The third kappa shape index (κ3) is 2.21. The number of rotatable bonds is 2. The summed E-state index contributed by atoms with van der Waals surface area (Å²) in [5.41, 5.74) is 14.2. The van der Waals surface area contributed by atoms with Crippen molar-refractivity contribution in [3.63, 3.8) is 0 Å². The van der Waals surface area contributed by atoms with Crippen LogP contribution in [0.15, 0.2) is 52.5 Å². The highest BCUT2D eigenvalue weighted by Crippen LogP contribution is 2.30. The molecule has 5 N–H and O–H groups in total. The van der Waals surface area contributed by atoms with Crippen molar-refractivity contribution in [1.29, 1.82) is 0 Å². The number of fused-ring (bicyclic) bond motifs is 2. The van der Waals surface area contributed by atoms with E-state index in [-0.39, 0.29) is 5.95 Å². The van der Waals surface area contributed by atoms with Crippen molar-refractivity contribution < 1.29 is 0 Å². The van der Waals surface area contributed by atoms with Gasteiger partial charge in [-0.1, -0.05) is 23.9 Å². The Morgan fingerprint density at radius 1 is 0.909 bits per heavy atom. The van der Waals surface area contributed by atoms with Crippen molar-refractivity contribution in [3.05, 3.63) is 42.5 Å². The second kappa shape index (κ2) is 4.88. The van der Waals surface area contributed by atoms with Crippen molar-refractivity contribution in [2.24, 2.45) is 0 Å². The van der Waals surface area contributed by atoms with Crippen LogP contribution in [0.4, 0.5) is 11.8 Å². The summed E-state index contributed by atoms with van der Waals surface area (Å²) in [6.45, 7) is 0. The average Bonchev–Trinajstić information content (AvgIpc) is 2.90. The molecule has 0 bridgehead atoms. The molecule has 0 saturated carbocycles. The van der Waals surface area contributed by atoms with Gasteiger partial charge < -0.3 is 16.5 Å². The molecule has 4 rings (SSSR count). The molecule has 0 atom stereocenters. The van der Waals surface area contributed by atoms with Gasteiger partial charge in [0, 0.05) is 10.3 Å². The monoisotopic (exact) mass is 308 g/mol. The van der Waals surface area contributed by atoms with Gasteiger partial charge in [-0.3, -0.25) is 0 Å². The van der Waals surface area contributed by atoms with Crippen LogP contribution in [0.5, 0.6) is 0 Å². The molecule has 4 aromatic rings. The summed E-state index contributed by atoms with van der Waals surface area (Å²) in [6.07, 6.45) is 0. The first-order valence-electron chi connectivity index (χ1n) is 6.64. The minimum absolute atomic E-state index is 0.183. The van der Waals surface area contributed by atoms with Crippen LogP contribution in [0.25, 0.3) is 21.9 Å². The van der Waals surface area contributed by atoms with Gasteiger partial charge in [0.05, 0.1) is 16.6 Å². The first kappa shape index (κ1) is 12.9. The van der Waals surface area contributed by atoms with Crippen molar-refractivity contribution >= 4 is 45.5 Å². The molecule has 7 heteroatoms. The molecule has 6 nitrogen and oxygen atoms in total. The number of hydrogen-bond acceptors (Lipinski definition) is 6. The first-order valence-corrected chi connectivity index (χ1v) is 7.46. The molecule has 0 fully saturated rings. The number of H-pyrrole nitrogens is 1. The lowest BCUT2D eigenvalue weighted by molar-refractivity contribution is 1.08. The van der Waals surface area contributed by atoms with E-state index in [1.807, 2.05) is 42.5 Å². The second-order valence-corrected chi connectivity index (χ2v) is 5.87. The minimum atomic E-state index is 0.183. The summed E-state index contributed by atoms with van der Waals surface area (Å²) < 4.78 is 0. The van der Waals surface area contributed by atoms with Gasteiger partial charge in [-0.05, 0) is 30.3 Å². The molecule has 108 valence electrons. The SMILES string of the molecule is Nc1nc(N)c2cc(Sc3nc4ccccc4[nH]3)ccc2n1. The molecule has 2 aromatic heterocycles. The molecule has 2 aromatic carbocycles. The average molecular weight is 308 g/mol. The summed E-state index contributed by atoms with van der Waals surface area (Å²) >= 11 is 1.53. The van der Waals surface area contributed by atoms with Crippen LogP contribution in [-0.4, -0.2) is 19.9 Å². The van der Waals surface area contributed by atoms with Gasteiger partial charge in [-0.25, -0.2) is 9.97 Å². The minimum Gasteiger partial charge on any atom is -0.383 e. The molecule has 0 radical (unpaired) electrons. The molecule has 0 amide bonds. The van der Waals surface area contributed by atoms with Crippen molar-refractivity contribution in [2.75, 3.05) is 11.5 Å². The lowest BCUT2D eigenvalue weighted by Crippen LogP contribution is -2.00. The normalized spacial score (nSPS) is 11.3. The predicted molar refractivity (Wildman–Crippen MR) is 88.6 cm³/mol. The lowest BCUT2D eigenvalue weighted by atomic mass is 10.2. The maximum absolute atomic E-state index is 5.92. The standard InChI is InChI=1S/C15H12N6S/c16-13-9-7-8(5-6-10(9)18-14(17)21-13)22-15-19-11-3-1-2-4-12(11)20-15/h1-7H,(H,19,20)(H4,16,17,18,21). The van der Waals surface area contributed by atoms with E-state index in [0.717, 1.165) is 32.0 Å². The smallest absolute Gasteiger partial charge is 0.222 e. The lowest BCUT2D eigenvalue weighted by Gasteiger charge is -2.04. The zero-order valence-corrected chi connectivity index (χ0v) is 12.3. The van der Waals surface area contributed by atoms with Crippen LogP contribution in [0, 0.1) is 0 Å². The first-order chi connectivity index (χ1) is 10.7. The number of aromatic amines is 1. The molecule has 0 unspecified atom stereocenters. The Hall–Kier alpha value is -2.80. The number of nitrogens with one attached hydrogen (secondary N) is 1. The highest BCUT2D eigenvalue weighted by Gasteiger charge is 2.08. The van der Waals surface area contributed by atoms with Crippen molar-refractivity contribution in [3.8, 4) is 0 Å². The van der Waals surface area contributed by atoms with Crippen LogP contribution in [0.3, 0.4) is 0 Å². The Kier molecular flexibility index (Phi) is 2.87. The predicted octanol–water partition coefficient (Wildman–Crippen LogP) is 2.82. The third-order valence-corrected chi connectivity index (χ3v) is 4.17. The maximum Gasteiger partial charge on any atom is 0.222 e. The number of aromatic nitrogens is 4. The van der Waals surface area contributed by atoms with Gasteiger partial charge in [0.25, 0.3) is 0 Å². The number of hydrogen-bond donors (Lipinski definition) is 3. The molecule has 0 aliphatic rings. The topological polar surface area (TPSA) is 106 Å². The summed E-state index contributed by atoms with van der Waals surface area (Å²) in [5.74, 6) is 0.567. The van der Waals surface area contributed by atoms with Crippen LogP contribution >= 0.6 is 11.8 Å². The molecular weight excluding hydrogens is 296 g/mol. The molecule has 2 heterocycles. The molecule has 0 saturated heterocycles. The molecule has 0 aliphatic heterocycles. The van der Waals surface area contributed by atoms with Crippen LogP contribution in [0.2, 0.25) is 0 Å². The van der Waals surface area contributed by atoms with Gasteiger partial charge in [0.2, 0.25) is 5.95 Å². The van der Waals surface area contributed by atoms with Gasteiger partial charge in [-0.2, -0.15) is 4.98 Å². The zero-order valence-electron chi connectivity index (χ0n) is 11.4. The van der Waals surface area contributed by atoms with Crippen LogP contribution < -0.4 is 11.5 Å². The largest absolute Gasteiger partial charge is 0.383 e. The highest BCUT2D eigenvalue weighted by atomic mass is 32.2. The van der Waals surface area contributed by atoms with E-state index in [1.165, 1.54) is 11.8 Å². The number of nitrogens with two attached hydrogens (primary N) is 2. The Labute approximate surface area is 130 Å². The Balaban J connectivity index is 1.74. The third-order valence-electron chi connectivity index (χ3n) is 3.30. The van der Waals surface area contributed by atoms with E-state index < -0.39 is 0 Å². The quantitative estimate of drug-likeness (QED) is 0.525. The van der Waals surface area contributed by atoms with E-state index in [0.29, 0.717) is 5.82 Å². The van der Waals surface area contributed by atoms with Crippen molar-refractivity contribution in [2.45, 2.75) is 10.1 Å². The van der Waals surface area contributed by atoms with Crippen LogP contribution in [-0.2, 0) is 0 Å². The van der Waals surface area contributed by atoms with Gasteiger partial charge in [0.1, 0.15) is 5.82 Å². The van der Waals surface area contributed by atoms with E-state index in [9.17, 15) is 0 Å². The summed E-state index contributed by atoms with van der Waals surface area (Å²) in [6, 6.07) is 13.7. The van der Waals surface area contributed by atoms with Crippen molar-refractivity contribution in [1.82, 2.24) is 19.9 Å². The van der Waals surface area contributed by atoms with Crippen LogP contribution in [0.1, 0.15) is 0 Å². The van der Waals surface area contributed by atoms with Gasteiger partial charge in [-0.15, -0.1) is 0 Å². The summed E-state index contributed by atoms with van der Waals surface area (Å²) in [4.78, 5) is 17.0. The van der Waals surface area contributed by atoms with E-state index >= 15 is 0 Å². The number of nitrogens with zero attached hydrogens (tertiary/aromatic N) is 3. The van der Waals surface area contributed by atoms with E-state index in [4.69, 9.17) is 11.5 Å². The fourth-order valence-electron chi connectivity index (χ4n) is 2.30. The molecule has 22 heavy (non-hydrogen) atoms. The Bertz CT molecular complexity index is 961. The Morgan fingerprint density at radius 3 is 2.64 bits per heavy atom. The number of para-hydroxylation sites is 2. The van der Waals surface area contributed by atoms with E-state index in [1.54, 1.807) is 0 Å². The second-order valence-electron chi connectivity index (χ2n) is 4.81.